The normalized spacial score (nSPS) is 29.8. The van der Waals surface area contributed by atoms with Gasteiger partial charge in [0.2, 0.25) is 0 Å². The van der Waals surface area contributed by atoms with E-state index in [4.69, 9.17) is 11.6 Å². The highest BCUT2D eigenvalue weighted by atomic mass is 35.5. The van der Waals surface area contributed by atoms with Crippen LogP contribution in [-0.4, -0.2) is 18.0 Å². The summed E-state index contributed by atoms with van der Waals surface area (Å²) in [4.78, 5) is 9.85. The van der Waals surface area contributed by atoms with Crippen LogP contribution in [-0.2, 0) is 9.53 Å². The van der Waals surface area contributed by atoms with Crippen LogP contribution in [0.25, 0.3) is 0 Å². The van der Waals surface area contributed by atoms with Gasteiger partial charge in [-0.3, -0.25) is 4.79 Å². The van der Waals surface area contributed by atoms with E-state index in [1.54, 1.807) is 0 Å². The average Bonchev–Trinajstić information content (AvgIpc) is 2.06. The molecule has 1 aliphatic heterocycles. The van der Waals surface area contributed by atoms with Crippen molar-refractivity contribution < 1.29 is 9.53 Å². The van der Waals surface area contributed by atoms with Gasteiger partial charge in [0.25, 0.3) is 5.24 Å². The van der Waals surface area contributed by atoms with Crippen molar-refractivity contribution in [3.8, 4) is 0 Å². The van der Waals surface area contributed by atoms with Crippen LogP contribution in [0, 0.1) is 0 Å². The van der Waals surface area contributed by atoms with E-state index >= 15 is 0 Å². The van der Waals surface area contributed by atoms with Crippen molar-refractivity contribution in [2.45, 2.75) is 6.10 Å². The SMILES string of the molecule is O=C(Cl)[C@H]1CO1. The molecule has 3 heteroatoms. The number of carbonyl (C=O) groups excluding carboxylic acids is 1. The Bertz CT molecular complexity index is 76.9. The van der Waals surface area contributed by atoms with Crippen molar-refractivity contribution in [3.63, 3.8) is 0 Å². The summed E-state index contributed by atoms with van der Waals surface area (Å²) in [6.45, 7) is 0.516. The Kier molecular flexibility index (Phi) is 0.821. The Morgan fingerprint density at radius 2 is 2.50 bits per heavy atom. The molecule has 0 aromatic carbocycles. The first kappa shape index (κ1) is 4.09. The lowest BCUT2D eigenvalue weighted by atomic mass is 10.6. The van der Waals surface area contributed by atoms with Crippen LogP contribution in [0.15, 0.2) is 0 Å². The van der Waals surface area contributed by atoms with Crippen LogP contribution in [0.3, 0.4) is 0 Å². The van der Waals surface area contributed by atoms with Gasteiger partial charge in [-0.2, -0.15) is 0 Å². The number of ether oxygens (including phenoxy) is 1. The highest BCUT2D eigenvalue weighted by Crippen LogP contribution is 2.10. The van der Waals surface area contributed by atoms with Crippen molar-refractivity contribution in [1.29, 1.82) is 0 Å². The molecule has 0 saturated carbocycles. The first-order valence-corrected chi connectivity index (χ1v) is 1.99. The summed E-state index contributed by atoms with van der Waals surface area (Å²) in [7, 11) is 0. The molecule has 0 unspecified atom stereocenters. The van der Waals surface area contributed by atoms with E-state index in [1.807, 2.05) is 0 Å². The molecule has 0 spiro atoms. The summed E-state index contributed by atoms with van der Waals surface area (Å²) in [5.41, 5.74) is 0. The zero-order chi connectivity index (χ0) is 4.57. The molecule has 2 nitrogen and oxygen atoms in total. The Morgan fingerprint density at radius 1 is 2.00 bits per heavy atom. The van der Waals surface area contributed by atoms with Crippen LogP contribution < -0.4 is 0 Å². The number of hydrogen-bond acceptors (Lipinski definition) is 2. The molecule has 1 saturated heterocycles. The van der Waals surface area contributed by atoms with E-state index in [2.05, 4.69) is 4.74 Å². The van der Waals surface area contributed by atoms with Gasteiger partial charge >= 0.3 is 0 Å². The molecular formula is C3H3ClO2. The van der Waals surface area contributed by atoms with Crippen molar-refractivity contribution >= 4 is 16.8 Å². The molecule has 0 aromatic heterocycles. The van der Waals surface area contributed by atoms with E-state index in [1.165, 1.54) is 0 Å². The standard InChI is InChI=1S/C3H3ClO2/c4-3(5)2-1-6-2/h2H,1H2/t2-/m1/s1. The second kappa shape index (κ2) is 1.21. The van der Waals surface area contributed by atoms with E-state index in [0.29, 0.717) is 6.61 Å². The van der Waals surface area contributed by atoms with Crippen LogP contribution in [0.2, 0.25) is 0 Å². The highest BCUT2D eigenvalue weighted by Gasteiger charge is 2.29. The average molecular weight is 107 g/mol. The van der Waals surface area contributed by atoms with Gasteiger partial charge in [-0.05, 0) is 11.6 Å². The highest BCUT2D eigenvalue weighted by molar-refractivity contribution is 6.64. The van der Waals surface area contributed by atoms with Crippen LogP contribution in [0.4, 0.5) is 0 Å². The van der Waals surface area contributed by atoms with Gasteiger partial charge in [-0.25, -0.2) is 0 Å². The molecule has 1 atom stereocenters. The largest absolute Gasteiger partial charge is 0.363 e. The fraction of sp³-hybridized carbons (Fsp3) is 0.667. The molecule has 0 aromatic rings. The van der Waals surface area contributed by atoms with E-state index in [-0.39, 0.29) is 11.3 Å². The molecule has 0 N–H and O–H groups in total. The summed E-state index contributed by atoms with van der Waals surface area (Å²) < 4.78 is 4.49. The summed E-state index contributed by atoms with van der Waals surface area (Å²) in [6.07, 6.45) is -0.272. The van der Waals surface area contributed by atoms with Gasteiger partial charge in [-0.15, -0.1) is 0 Å². The molecule has 1 aliphatic rings. The maximum absolute atomic E-state index is 9.85. The van der Waals surface area contributed by atoms with Crippen LogP contribution in [0.5, 0.6) is 0 Å². The number of hydrogen-bond donors (Lipinski definition) is 0. The molecule has 0 amide bonds. The molecule has 34 valence electrons. The van der Waals surface area contributed by atoms with Gasteiger partial charge in [-0.1, -0.05) is 0 Å². The zero-order valence-corrected chi connectivity index (χ0v) is 3.73. The number of carbonyl (C=O) groups is 1. The fourth-order valence-corrected chi connectivity index (χ4v) is 0.305. The molecule has 1 rings (SSSR count). The summed E-state index contributed by atoms with van der Waals surface area (Å²) in [5, 5.41) is -0.380. The lowest BCUT2D eigenvalue weighted by molar-refractivity contribution is -0.112. The molecule has 1 fully saturated rings. The Balaban J connectivity index is 2.31. The van der Waals surface area contributed by atoms with Crippen molar-refractivity contribution in [2.24, 2.45) is 0 Å². The fourth-order valence-electron chi connectivity index (χ4n) is 0.179. The third kappa shape index (κ3) is 0.698. The van der Waals surface area contributed by atoms with Gasteiger partial charge < -0.3 is 4.74 Å². The van der Waals surface area contributed by atoms with E-state index in [0.717, 1.165) is 0 Å². The molecule has 0 radical (unpaired) electrons. The van der Waals surface area contributed by atoms with E-state index < -0.39 is 0 Å². The van der Waals surface area contributed by atoms with Gasteiger partial charge in [0.05, 0.1) is 6.61 Å². The van der Waals surface area contributed by atoms with Crippen LogP contribution in [0.1, 0.15) is 0 Å². The van der Waals surface area contributed by atoms with Crippen molar-refractivity contribution in [2.75, 3.05) is 6.61 Å². The smallest absolute Gasteiger partial charge is 0.252 e. The Labute approximate surface area is 40.0 Å². The predicted octanol–water partition coefficient (Wildman–Crippen LogP) is 0.151. The van der Waals surface area contributed by atoms with Gasteiger partial charge in [0.1, 0.15) is 0 Å². The quantitative estimate of drug-likeness (QED) is 0.352. The third-order valence-corrected chi connectivity index (χ3v) is 0.830. The maximum atomic E-state index is 9.85. The Morgan fingerprint density at radius 3 is 2.50 bits per heavy atom. The van der Waals surface area contributed by atoms with Crippen molar-refractivity contribution in [3.05, 3.63) is 0 Å². The first-order chi connectivity index (χ1) is 2.80. The Hall–Kier alpha value is -0.0800. The lowest BCUT2D eigenvalue weighted by Gasteiger charge is -1.68. The molecular weight excluding hydrogens is 103 g/mol. The number of halogens is 1. The maximum Gasteiger partial charge on any atom is 0.252 e. The third-order valence-electron chi connectivity index (χ3n) is 0.586. The second-order valence-corrected chi connectivity index (χ2v) is 1.50. The first-order valence-electron chi connectivity index (χ1n) is 1.61. The molecule has 1 heterocycles. The zero-order valence-electron chi connectivity index (χ0n) is 2.98. The summed E-state index contributed by atoms with van der Waals surface area (Å²) in [5.74, 6) is 0. The second-order valence-electron chi connectivity index (χ2n) is 1.13. The topological polar surface area (TPSA) is 29.6 Å². The summed E-state index contributed by atoms with van der Waals surface area (Å²) >= 11 is 4.91. The van der Waals surface area contributed by atoms with E-state index in [9.17, 15) is 4.79 Å². The number of rotatable bonds is 1. The molecule has 6 heavy (non-hydrogen) atoms. The lowest BCUT2D eigenvalue weighted by Crippen LogP contribution is -1.93. The molecule has 0 bridgehead atoms. The number of epoxide rings is 1. The van der Waals surface area contributed by atoms with Gasteiger partial charge in [0, 0.05) is 0 Å². The minimum atomic E-state index is -0.380. The minimum Gasteiger partial charge on any atom is -0.363 e. The minimum absolute atomic E-state index is 0.272. The van der Waals surface area contributed by atoms with Gasteiger partial charge in [0.15, 0.2) is 6.10 Å². The van der Waals surface area contributed by atoms with Crippen molar-refractivity contribution in [1.82, 2.24) is 0 Å². The predicted molar refractivity (Wildman–Crippen MR) is 20.6 cm³/mol. The van der Waals surface area contributed by atoms with Crippen LogP contribution >= 0.6 is 11.6 Å². The monoisotopic (exact) mass is 106 g/mol. The summed E-state index contributed by atoms with van der Waals surface area (Å²) in [6, 6.07) is 0. The molecule has 0 aliphatic carbocycles.